The normalized spacial score (nSPS) is 23.5. The molecule has 21 heavy (non-hydrogen) atoms. The average Bonchev–Trinajstić information content (AvgIpc) is 2.86. The van der Waals surface area contributed by atoms with Crippen molar-refractivity contribution in [1.29, 1.82) is 0 Å². The predicted octanol–water partition coefficient (Wildman–Crippen LogP) is 3.79. The first kappa shape index (κ1) is 16.2. The van der Waals surface area contributed by atoms with Crippen molar-refractivity contribution in [1.82, 2.24) is 5.32 Å². The summed E-state index contributed by atoms with van der Waals surface area (Å²) in [6, 6.07) is 5.58. The third kappa shape index (κ3) is 3.55. The molecule has 0 saturated heterocycles. The summed E-state index contributed by atoms with van der Waals surface area (Å²) in [4.78, 5) is 12.0. The van der Waals surface area contributed by atoms with Crippen LogP contribution in [-0.4, -0.2) is 16.6 Å². The number of para-hydroxylation sites is 1. The van der Waals surface area contributed by atoms with Gasteiger partial charge in [0.15, 0.2) is 0 Å². The molecule has 1 aromatic rings. The second-order valence-corrected chi connectivity index (χ2v) is 6.54. The lowest BCUT2D eigenvalue weighted by Gasteiger charge is -2.15. The van der Waals surface area contributed by atoms with Crippen molar-refractivity contribution in [2.75, 3.05) is 0 Å². The number of hydrogen-bond acceptors (Lipinski definition) is 2. The van der Waals surface area contributed by atoms with Crippen molar-refractivity contribution in [3.63, 3.8) is 0 Å². The lowest BCUT2D eigenvalue weighted by atomic mass is 10.1. The van der Waals surface area contributed by atoms with Gasteiger partial charge in [0.1, 0.15) is 10.1 Å². The summed E-state index contributed by atoms with van der Waals surface area (Å²) in [7, 11) is 0. The fraction of sp³-hybridized carbons (Fsp3) is 0.462. The molecular weight excluding hydrogens is 330 g/mol. The number of hydrogen-bond donors (Lipinski definition) is 1. The van der Waals surface area contributed by atoms with Gasteiger partial charge >= 0.3 is 6.36 Å². The molecule has 0 aromatic heterocycles. The third-order valence-corrected chi connectivity index (χ3v) is 4.50. The monoisotopic (exact) mass is 341 g/mol. The molecule has 0 bridgehead atoms. The van der Waals surface area contributed by atoms with Crippen molar-refractivity contribution in [3.8, 4) is 5.75 Å². The van der Waals surface area contributed by atoms with Gasteiger partial charge in [0.2, 0.25) is 5.91 Å². The molecule has 0 spiro atoms. The summed E-state index contributed by atoms with van der Waals surface area (Å²) in [6.45, 7) is 1.49. The quantitative estimate of drug-likeness (QED) is 0.846. The van der Waals surface area contributed by atoms with Crippen molar-refractivity contribution in [3.05, 3.63) is 29.8 Å². The molecule has 1 amide bonds. The summed E-state index contributed by atoms with van der Waals surface area (Å²) >= 11 is 11.7. The van der Waals surface area contributed by atoms with E-state index in [-0.39, 0.29) is 17.9 Å². The number of benzene rings is 1. The fourth-order valence-electron chi connectivity index (χ4n) is 1.89. The van der Waals surface area contributed by atoms with Gasteiger partial charge in [-0.25, -0.2) is 0 Å². The van der Waals surface area contributed by atoms with Gasteiger partial charge in [-0.3, -0.25) is 4.79 Å². The van der Waals surface area contributed by atoms with Gasteiger partial charge in [0.25, 0.3) is 0 Å². The van der Waals surface area contributed by atoms with Gasteiger partial charge in [-0.05, 0) is 19.4 Å². The van der Waals surface area contributed by atoms with Crippen LogP contribution in [0.4, 0.5) is 13.2 Å². The molecule has 1 fully saturated rings. The van der Waals surface area contributed by atoms with Crippen LogP contribution in [-0.2, 0) is 11.3 Å². The standard InChI is InChI=1S/C13H12Cl2F3NO2/c1-11(7-12(11,14)15)10(20)19-6-8-4-2-3-5-9(8)21-13(16,17)18/h2-5H,6-7H2,1H3,(H,19,20). The minimum atomic E-state index is -4.79. The van der Waals surface area contributed by atoms with Crippen LogP contribution in [0.1, 0.15) is 18.9 Å². The van der Waals surface area contributed by atoms with Gasteiger partial charge < -0.3 is 10.1 Å². The molecule has 1 saturated carbocycles. The van der Waals surface area contributed by atoms with E-state index in [9.17, 15) is 18.0 Å². The summed E-state index contributed by atoms with van der Waals surface area (Å²) in [5, 5.41) is 2.53. The van der Waals surface area contributed by atoms with Crippen LogP contribution in [0.15, 0.2) is 24.3 Å². The van der Waals surface area contributed by atoms with E-state index in [0.717, 1.165) is 0 Å². The van der Waals surface area contributed by atoms with Crippen LogP contribution < -0.4 is 10.1 Å². The zero-order valence-electron chi connectivity index (χ0n) is 10.9. The Morgan fingerprint density at radius 1 is 1.38 bits per heavy atom. The SMILES string of the molecule is CC1(C(=O)NCc2ccccc2OC(F)(F)F)CC1(Cl)Cl. The number of carbonyl (C=O) groups is 1. The zero-order chi connectivity index (χ0) is 15.9. The molecule has 1 aliphatic carbocycles. The second-order valence-electron chi connectivity index (χ2n) is 5.05. The maximum atomic E-state index is 12.3. The summed E-state index contributed by atoms with van der Waals surface area (Å²) in [6.07, 6.45) is -4.49. The Hall–Kier alpha value is -1.14. The maximum absolute atomic E-state index is 12.3. The molecule has 0 heterocycles. The number of carbonyl (C=O) groups excluding carboxylic acids is 1. The highest BCUT2D eigenvalue weighted by molar-refractivity contribution is 6.53. The average molecular weight is 342 g/mol. The molecule has 1 N–H and O–H groups in total. The highest BCUT2D eigenvalue weighted by atomic mass is 35.5. The van der Waals surface area contributed by atoms with E-state index in [0.29, 0.717) is 6.42 Å². The van der Waals surface area contributed by atoms with E-state index >= 15 is 0 Å². The van der Waals surface area contributed by atoms with Crippen LogP contribution in [0.5, 0.6) is 5.75 Å². The molecule has 0 aliphatic heterocycles. The first-order valence-electron chi connectivity index (χ1n) is 6.05. The minimum absolute atomic E-state index is 0.107. The van der Waals surface area contributed by atoms with Gasteiger partial charge in [-0.15, -0.1) is 36.4 Å². The first-order chi connectivity index (χ1) is 9.55. The summed E-state index contributed by atoms with van der Waals surface area (Å²) in [5.41, 5.74) is -0.710. The van der Waals surface area contributed by atoms with Crippen LogP contribution in [0, 0.1) is 5.41 Å². The van der Waals surface area contributed by atoms with Crippen molar-refractivity contribution in [2.45, 2.75) is 30.6 Å². The maximum Gasteiger partial charge on any atom is 0.573 e. The van der Waals surface area contributed by atoms with Crippen LogP contribution in [0.3, 0.4) is 0 Å². The van der Waals surface area contributed by atoms with Crippen molar-refractivity contribution in [2.24, 2.45) is 5.41 Å². The Balaban J connectivity index is 2.03. The second kappa shape index (κ2) is 5.25. The molecular formula is C13H12Cl2F3NO2. The smallest absolute Gasteiger partial charge is 0.405 e. The number of nitrogens with one attached hydrogen (secondary N) is 1. The number of rotatable bonds is 4. The number of amides is 1. The number of halogens is 5. The van der Waals surface area contributed by atoms with Gasteiger partial charge in [-0.2, -0.15) is 0 Å². The molecule has 1 aromatic carbocycles. The fourth-order valence-corrected chi connectivity index (χ4v) is 2.60. The van der Waals surface area contributed by atoms with Crippen LogP contribution in [0.2, 0.25) is 0 Å². The Morgan fingerprint density at radius 2 is 1.95 bits per heavy atom. The van der Waals surface area contributed by atoms with Crippen molar-refractivity contribution >= 4 is 29.1 Å². The van der Waals surface area contributed by atoms with E-state index in [1.54, 1.807) is 13.0 Å². The first-order valence-corrected chi connectivity index (χ1v) is 6.80. The zero-order valence-corrected chi connectivity index (χ0v) is 12.4. The Kier molecular flexibility index (Phi) is 4.06. The topological polar surface area (TPSA) is 38.3 Å². The third-order valence-electron chi connectivity index (χ3n) is 3.40. The molecule has 2 rings (SSSR count). The van der Waals surface area contributed by atoms with E-state index in [4.69, 9.17) is 23.2 Å². The molecule has 1 aliphatic rings. The highest BCUT2D eigenvalue weighted by Crippen LogP contribution is 2.63. The van der Waals surface area contributed by atoms with E-state index in [2.05, 4.69) is 10.1 Å². The Bertz CT molecular complexity index is 563. The van der Waals surface area contributed by atoms with E-state index in [1.165, 1.54) is 18.2 Å². The lowest BCUT2D eigenvalue weighted by Crippen LogP contribution is -2.33. The molecule has 116 valence electrons. The van der Waals surface area contributed by atoms with Gasteiger partial charge in [-0.1, -0.05) is 18.2 Å². The Morgan fingerprint density at radius 3 is 2.48 bits per heavy atom. The predicted molar refractivity (Wildman–Crippen MR) is 72.1 cm³/mol. The van der Waals surface area contributed by atoms with Crippen molar-refractivity contribution < 1.29 is 22.7 Å². The summed E-state index contributed by atoms with van der Waals surface area (Å²) in [5.74, 6) is -0.761. The summed E-state index contributed by atoms with van der Waals surface area (Å²) < 4.78 is 39.6. The van der Waals surface area contributed by atoms with E-state index < -0.39 is 22.0 Å². The molecule has 0 radical (unpaired) electrons. The van der Waals surface area contributed by atoms with Crippen LogP contribution >= 0.6 is 23.2 Å². The minimum Gasteiger partial charge on any atom is -0.405 e. The van der Waals surface area contributed by atoms with Crippen LogP contribution in [0.25, 0.3) is 0 Å². The number of alkyl halides is 5. The number of ether oxygens (including phenoxy) is 1. The molecule has 3 nitrogen and oxygen atoms in total. The van der Waals surface area contributed by atoms with Gasteiger partial charge in [0.05, 0.1) is 5.41 Å². The Labute approximate surface area is 129 Å². The molecule has 8 heteroatoms. The largest absolute Gasteiger partial charge is 0.573 e. The lowest BCUT2D eigenvalue weighted by molar-refractivity contribution is -0.274. The molecule has 1 unspecified atom stereocenters. The van der Waals surface area contributed by atoms with E-state index in [1.807, 2.05) is 0 Å². The van der Waals surface area contributed by atoms with Gasteiger partial charge in [0, 0.05) is 12.1 Å². The molecule has 1 atom stereocenters. The highest BCUT2D eigenvalue weighted by Gasteiger charge is 2.67.